The third kappa shape index (κ3) is 10.4. The molecule has 3 heterocycles. The number of aryl methyl sites for hydroxylation is 2. The van der Waals surface area contributed by atoms with Crippen molar-refractivity contribution < 1.29 is 36.8 Å². The predicted molar refractivity (Wildman–Crippen MR) is 204 cm³/mol. The summed E-state index contributed by atoms with van der Waals surface area (Å²) in [5.74, 6) is 0.592. The van der Waals surface area contributed by atoms with Gasteiger partial charge in [0, 0.05) is 59.5 Å². The van der Waals surface area contributed by atoms with Crippen molar-refractivity contribution in [2.24, 2.45) is 0 Å². The number of aromatic nitrogens is 3. The first-order valence-electron chi connectivity index (χ1n) is 18.6. The molecule has 0 amide bonds. The summed E-state index contributed by atoms with van der Waals surface area (Å²) >= 11 is 0. The van der Waals surface area contributed by atoms with Crippen LogP contribution in [-0.4, -0.2) is 113 Å². The van der Waals surface area contributed by atoms with Crippen LogP contribution < -0.4 is 9.64 Å². The van der Waals surface area contributed by atoms with Gasteiger partial charge in [-0.05, 0) is 60.7 Å². The largest absolute Gasteiger partial charge is 0.490 e. The number of sulfonamides is 1. The van der Waals surface area contributed by atoms with Crippen LogP contribution in [0, 0.1) is 6.92 Å². The first kappa shape index (κ1) is 39.8. The van der Waals surface area contributed by atoms with Crippen molar-refractivity contribution in [3.8, 4) is 5.75 Å². The fraction of sp³-hybridized carbons (Fsp3) is 0.500. The van der Waals surface area contributed by atoms with Crippen LogP contribution >= 0.6 is 0 Å². The molecule has 6 rings (SSSR count). The quantitative estimate of drug-likeness (QED) is 0.115. The number of nitrogens with zero attached hydrogens (tertiary/aromatic N) is 5. The maximum absolute atomic E-state index is 14.2. The van der Waals surface area contributed by atoms with Gasteiger partial charge in [-0.3, -0.25) is 4.68 Å². The summed E-state index contributed by atoms with van der Waals surface area (Å²) in [6, 6.07) is 21.4. The second kappa shape index (κ2) is 19.6. The minimum atomic E-state index is -3.86. The average Bonchev–Trinajstić information content (AvgIpc) is 3.72. The molecular weight excluding hydrogens is 711 g/mol. The zero-order valence-electron chi connectivity index (χ0n) is 31.5. The molecule has 2 aliphatic heterocycles. The molecule has 0 saturated carbocycles. The molecule has 4 aromatic rings. The Morgan fingerprint density at radius 2 is 1.56 bits per heavy atom. The van der Waals surface area contributed by atoms with Crippen LogP contribution in [0.15, 0.2) is 84.3 Å². The maximum atomic E-state index is 14.2. The van der Waals surface area contributed by atoms with Crippen molar-refractivity contribution in [3.05, 3.63) is 102 Å². The molecule has 3 atom stereocenters. The van der Waals surface area contributed by atoms with Crippen LogP contribution in [0.3, 0.4) is 0 Å². The molecule has 0 radical (unpaired) electrons. The minimum absolute atomic E-state index is 0.165. The lowest BCUT2D eigenvalue weighted by molar-refractivity contribution is -0.0795. The van der Waals surface area contributed by atoms with Gasteiger partial charge in [-0.1, -0.05) is 48.0 Å². The zero-order chi connectivity index (χ0) is 37.8. The summed E-state index contributed by atoms with van der Waals surface area (Å²) in [5.41, 5.74) is 5.03. The van der Waals surface area contributed by atoms with E-state index < -0.39 is 22.2 Å². The molecule has 292 valence electrons. The van der Waals surface area contributed by atoms with Crippen molar-refractivity contribution in [1.82, 2.24) is 19.1 Å². The van der Waals surface area contributed by atoms with Gasteiger partial charge in [0.25, 0.3) is 0 Å². The topological polar surface area (TPSA) is 127 Å². The molecule has 0 spiro atoms. The number of fused-ring (bicyclic) bond motifs is 1. The van der Waals surface area contributed by atoms with Gasteiger partial charge >= 0.3 is 0 Å². The maximum Gasteiger partial charge on any atom is 0.243 e. The number of anilines is 1. The van der Waals surface area contributed by atoms with E-state index in [0.717, 1.165) is 53.2 Å². The zero-order valence-corrected chi connectivity index (χ0v) is 32.4. The lowest BCUT2D eigenvalue weighted by Crippen LogP contribution is -2.54. The predicted octanol–water partition coefficient (Wildman–Crippen LogP) is 4.83. The van der Waals surface area contributed by atoms with Gasteiger partial charge in [-0.25, -0.2) is 13.4 Å². The van der Waals surface area contributed by atoms with Crippen molar-refractivity contribution >= 4 is 15.7 Å². The number of benzene rings is 3. The summed E-state index contributed by atoms with van der Waals surface area (Å²) in [6.45, 7) is 8.06. The van der Waals surface area contributed by atoms with E-state index in [2.05, 4.69) is 45.3 Å². The number of ether oxygens (including phenoxy) is 6. The number of hydrogen-bond donors (Lipinski definition) is 0. The molecule has 1 fully saturated rings. The van der Waals surface area contributed by atoms with Crippen LogP contribution in [-0.2, 0) is 53.5 Å². The third-order valence-corrected chi connectivity index (χ3v) is 11.7. The van der Waals surface area contributed by atoms with E-state index in [1.54, 1.807) is 37.4 Å². The number of rotatable bonds is 20. The first-order chi connectivity index (χ1) is 26.4. The first-order valence-corrected chi connectivity index (χ1v) is 20.1. The molecule has 13 nitrogen and oxygen atoms in total. The van der Waals surface area contributed by atoms with E-state index in [0.29, 0.717) is 52.6 Å². The molecule has 54 heavy (non-hydrogen) atoms. The Morgan fingerprint density at radius 3 is 2.30 bits per heavy atom. The average molecular weight is 764 g/mol. The highest BCUT2D eigenvalue weighted by molar-refractivity contribution is 7.89. The second-order valence-electron chi connectivity index (χ2n) is 13.7. The van der Waals surface area contributed by atoms with Gasteiger partial charge in [0.2, 0.25) is 10.0 Å². The third-order valence-electron chi connectivity index (χ3n) is 9.85. The van der Waals surface area contributed by atoms with Gasteiger partial charge < -0.3 is 33.3 Å². The highest BCUT2D eigenvalue weighted by Gasteiger charge is 2.43. The van der Waals surface area contributed by atoms with Crippen LogP contribution in [0.4, 0.5) is 5.69 Å². The highest BCUT2D eigenvalue weighted by Crippen LogP contribution is 2.37. The summed E-state index contributed by atoms with van der Waals surface area (Å²) in [4.78, 5) is 6.61. The molecule has 2 aliphatic rings. The van der Waals surface area contributed by atoms with Crippen molar-refractivity contribution in [3.63, 3.8) is 0 Å². The highest BCUT2D eigenvalue weighted by atomic mass is 32.2. The van der Waals surface area contributed by atoms with Crippen LogP contribution in [0.2, 0.25) is 0 Å². The Labute approximate surface area is 319 Å². The van der Waals surface area contributed by atoms with Gasteiger partial charge in [0.15, 0.2) is 0 Å². The molecule has 0 bridgehead atoms. The van der Waals surface area contributed by atoms with E-state index in [-0.39, 0.29) is 30.5 Å². The van der Waals surface area contributed by atoms with Gasteiger partial charge in [0.1, 0.15) is 25.0 Å². The molecular formula is C40H53N5O8S. The van der Waals surface area contributed by atoms with Gasteiger partial charge in [-0.2, -0.15) is 9.40 Å². The smallest absolute Gasteiger partial charge is 0.243 e. The van der Waals surface area contributed by atoms with E-state index in [1.807, 2.05) is 31.2 Å². The molecule has 3 aromatic carbocycles. The van der Waals surface area contributed by atoms with Crippen LogP contribution in [0.5, 0.6) is 5.75 Å². The summed E-state index contributed by atoms with van der Waals surface area (Å²) in [7, 11) is -0.489. The molecule has 14 heteroatoms. The Kier molecular flexibility index (Phi) is 14.5. The Balaban J connectivity index is 1.28. The van der Waals surface area contributed by atoms with E-state index in [4.69, 9.17) is 28.4 Å². The Bertz CT molecular complexity index is 1830. The molecule has 1 saturated heterocycles. The summed E-state index contributed by atoms with van der Waals surface area (Å²) < 4.78 is 67.4. The number of piperidine rings is 1. The molecule has 0 aliphatic carbocycles. The van der Waals surface area contributed by atoms with Gasteiger partial charge in [-0.15, -0.1) is 0 Å². The van der Waals surface area contributed by atoms with E-state index in [1.165, 1.54) is 10.6 Å². The monoisotopic (exact) mass is 763 g/mol. The summed E-state index contributed by atoms with van der Waals surface area (Å²) in [6.07, 6.45) is 3.76. The lowest BCUT2D eigenvalue weighted by atomic mass is 9.85. The summed E-state index contributed by atoms with van der Waals surface area (Å²) in [5, 5.41) is 4.21. The Hall–Kier alpha value is -3.89. The standard InChI is InChI=1S/C40H53N5O8S/c1-31-6-13-35(14-7-31)54(46,47)45-25-38(51-20-5-17-44-30-41-29-42-44)40(34-11-8-32(9-12-34)27-50-23-22-49-3)39(26-45)53-28-33-10-15-37-36(24-33)43(18-21-52-37)16-4-19-48-2/h6-15,24,29-30,38-40H,4-5,16-23,25-28H2,1-3H3/t38-,39+,40+/m1/s1. The lowest BCUT2D eigenvalue weighted by Gasteiger charge is -2.43. The van der Waals surface area contributed by atoms with Crippen LogP contribution in [0.1, 0.15) is 41.0 Å². The van der Waals surface area contributed by atoms with Crippen molar-refractivity contribution in [2.75, 3.05) is 78.3 Å². The SMILES string of the molecule is COCCCN1CCOc2ccc(CO[C@H]3CN(S(=O)(=O)c4ccc(C)cc4)C[C@@H](OCCCn4cncn4)[C@@H]3c3ccc(COCCOC)cc3)cc21. The Morgan fingerprint density at radius 1 is 0.815 bits per heavy atom. The second-order valence-corrected chi connectivity index (χ2v) is 15.6. The minimum Gasteiger partial charge on any atom is -0.490 e. The van der Waals surface area contributed by atoms with Gasteiger partial charge in [0.05, 0.1) is 55.8 Å². The fourth-order valence-corrected chi connectivity index (χ4v) is 8.43. The van der Waals surface area contributed by atoms with Crippen LogP contribution in [0.25, 0.3) is 0 Å². The molecule has 0 unspecified atom stereocenters. The molecule has 0 N–H and O–H groups in total. The van der Waals surface area contributed by atoms with E-state index >= 15 is 0 Å². The van der Waals surface area contributed by atoms with E-state index in [9.17, 15) is 8.42 Å². The number of methoxy groups -OCH3 is 2. The normalized spacial score (nSPS) is 19.1. The van der Waals surface area contributed by atoms with Crippen molar-refractivity contribution in [2.45, 2.75) is 62.5 Å². The van der Waals surface area contributed by atoms with Crippen molar-refractivity contribution in [1.29, 1.82) is 0 Å². The molecule has 1 aromatic heterocycles. The number of hydrogen-bond acceptors (Lipinski definition) is 11. The fourth-order valence-electron chi connectivity index (χ4n) is 6.96.